The van der Waals surface area contributed by atoms with Crippen molar-refractivity contribution in [3.63, 3.8) is 0 Å². The van der Waals surface area contributed by atoms with E-state index in [1.165, 1.54) is 12.1 Å². The second-order valence-corrected chi connectivity index (χ2v) is 4.42. The van der Waals surface area contributed by atoms with Gasteiger partial charge in [-0.1, -0.05) is 6.07 Å². The van der Waals surface area contributed by atoms with E-state index in [4.69, 9.17) is 19.3 Å². The van der Waals surface area contributed by atoms with Crippen molar-refractivity contribution in [1.82, 2.24) is 0 Å². The van der Waals surface area contributed by atoms with Crippen LogP contribution in [0.5, 0.6) is 17.2 Å². The van der Waals surface area contributed by atoms with E-state index < -0.39 is 11.8 Å². The summed E-state index contributed by atoms with van der Waals surface area (Å²) in [5.41, 5.74) is 0.178. The average molecular weight is 290 g/mol. The molecule has 0 aromatic heterocycles. The highest BCUT2D eigenvalue weighted by molar-refractivity contribution is 5.87. The monoisotopic (exact) mass is 290 g/mol. The topological polar surface area (TPSA) is 65.0 Å². The lowest BCUT2D eigenvalue weighted by molar-refractivity contribution is 0.0691. The Bertz CT molecular complexity index is 698. The number of ether oxygens (including phenoxy) is 3. The lowest BCUT2D eigenvalue weighted by Gasteiger charge is -2.08. The summed E-state index contributed by atoms with van der Waals surface area (Å²) in [7, 11) is 0. The number of carboxylic acids is 1. The molecular formula is C15H11FO5. The van der Waals surface area contributed by atoms with Crippen molar-refractivity contribution in [2.45, 2.75) is 6.61 Å². The van der Waals surface area contributed by atoms with Crippen molar-refractivity contribution in [1.29, 1.82) is 0 Å². The molecule has 108 valence electrons. The van der Waals surface area contributed by atoms with Gasteiger partial charge in [0.1, 0.15) is 18.2 Å². The van der Waals surface area contributed by atoms with Gasteiger partial charge in [-0.05, 0) is 29.8 Å². The summed E-state index contributed by atoms with van der Waals surface area (Å²) in [5, 5.41) is 8.76. The van der Waals surface area contributed by atoms with Crippen LogP contribution in [0.1, 0.15) is 15.9 Å². The maximum absolute atomic E-state index is 13.5. The van der Waals surface area contributed by atoms with Crippen LogP contribution >= 0.6 is 0 Å². The third-order valence-corrected chi connectivity index (χ3v) is 3.01. The van der Waals surface area contributed by atoms with Crippen LogP contribution < -0.4 is 14.2 Å². The van der Waals surface area contributed by atoms with E-state index >= 15 is 0 Å². The molecule has 0 radical (unpaired) electrons. The first kappa shape index (κ1) is 13.2. The number of rotatable bonds is 4. The Hall–Kier alpha value is -2.76. The van der Waals surface area contributed by atoms with Crippen LogP contribution in [0.25, 0.3) is 0 Å². The molecule has 0 saturated carbocycles. The highest BCUT2D eigenvalue weighted by Crippen LogP contribution is 2.35. The number of aromatic carboxylic acids is 1. The van der Waals surface area contributed by atoms with Crippen molar-refractivity contribution in [3.05, 3.63) is 53.3 Å². The van der Waals surface area contributed by atoms with Gasteiger partial charge in [0.05, 0.1) is 5.56 Å². The molecule has 2 aromatic rings. The number of fused-ring (bicyclic) bond motifs is 1. The van der Waals surface area contributed by atoms with Gasteiger partial charge in [-0.15, -0.1) is 0 Å². The Balaban J connectivity index is 1.70. The summed E-state index contributed by atoms with van der Waals surface area (Å²) in [6.45, 7) is 0.303. The van der Waals surface area contributed by atoms with Gasteiger partial charge in [0, 0.05) is 6.07 Å². The third-order valence-electron chi connectivity index (χ3n) is 3.01. The zero-order valence-electron chi connectivity index (χ0n) is 10.8. The minimum absolute atomic E-state index is 0.121. The first-order valence-corrected chi connectivity index (χ1v) is 6.17. The Labute approximate surface area is 119 Å². The summed E-state index contributed by atoms with van der Waals surface area (Å²) in [6.07, 6.45) is 0. The van der Waals surface area contributed by atoms with E-state index in [-0.39, 0.29) is 19.0 Å². The van der Waals surface area contributed by atoms with Crippen molar-refractivity contribution < 1.29 is 28.5 Å². The lowest BCUT2D eigenvalue weighted by Crippen LogP contribution is -2.02. The molecule has 0 spiro atoms. The average Bonchev–Trinajstić information content (AvgIpc) is 2.92. The van der Waals surface area contributed by atoms with E-state index in [0.717, 1.165) is 6.07 Å². The van der Waals surface area contributed by atoms with Crippen LogP contribution in [-0.4, -0.2) is 17.9 Å². The van der Waals surface area contributed by atoms with E-state index in [2.05, 4.69) is 0 Å². The van der Waals surface area contributed by atoms with Crippen molar-refractivity contribution >= 4 is 5.97 Å². The Kier molecular flexibility index (Phi) is 3.35. The molecule has 0 atom stereocenters. The summed E-state index contributed by atoms with van der Waals surface area (Å²) in [4.78, 5) is 10.7. The smallest absolute Gasteiger partial charge is 0.338 e. The molecule has 0 saturated heterocycles. The summed E-state index contributed by atoms with van der Waals surface area (Å²) >= 11 is 0. The highest BCUT2D eigenvalue weighted by atomic mass is 19.1. The number of hydrogen-bond donors (Lipinski definition) is 1. The van der Waals surface area contributed by atoms with E-state index in [1.807, 2.05) is 0 Å². The first-order valence-electron chi connectivity index (χ1n) is 6.17. The number of halogens is 1. The normalized spacial score (nSPS) is 12.2. The fourth-order valence-electron chi connectivity index (χ4n) is 1.96. The van der Waals surface area contributed by atoms with Gasteiger partial charge >= 0.3 is 5.97 Å². The van der Waals surface area contributed by atoms with Crippen LogP contribution in [0.15, 0.2) is 36.4 Å². The molecule has 0 bridgehead atoms. The predicted octanol–water partition coefficient (Wildman–Crippen LogP) is 2.83. The van der Waals surface area contributed by atoms with Gasteiger partial charge in [0.2, 0.25) is 6.79 Å². The molecule has 3 rings (SSSR count). The standard InChI is InChI=1S/C15H11FO5/c16-12-5-9(1-3-11(12)15(17)18)7-19-10-2-4-13-14(6-10)21-8-20-13/h1-6H,7-8H2,(H,17,18). The molecule has 21 heavy (non-hydrogen) atoms. The van der Waals surface area contributed by atoms with Crippen molar-refractivity contribution in [2.24, 2.45) is 0 Å². The number of carbonyl (C=O) groups is 1. The predicted molar refractivity (Wildman–Crippen MR) is 70.3 cm³/mol. The zero-order chi connectivity index (χ0) is 14.8. The fraction of sp³-hybridized carbons (Fsp3) is 0.133. The molecule has 1 heterocycles. The van der Waals surface area contributed by atoms with Crippen molar-refractivity contribution in [2.75, 3.05) is 6.79 Å². The van der Waals surface area contributed by atoms with E-state index in [9.17, 15) is 9.18 Å². The van der Waals surface area contributed by atoms with E-state index in [1.54, 1.807) is 18.2 Å². The second-order valence-electron chi connectivity index (χ2n) is 4.42. The van der Waals surface area contributed by atoms with Crippen LogP contribution in [0.2, 0.25) is 0 Å². The number of benzene rings is 2. The van der Waals surface area contributed by atoms with Gasteiger partial charge in [0.25, 0.3) is 0 Å². The highest BCUT2D eigenvalue weighted by Gasteiger charge is 2.14. The third kappa shape index (κ3) is 2.74. The van der Waals surface area contributed by atoms with Gasteiger partial charge in [0.15, 0.2) is 11.5 Å². The summed E-state index contributed by atoms with van der Waals surface area (Å²) < 4.78 is 29.5. The summed E-state index contributed by atoms with van der Waals surface area (Å²) in [5.74, 6) is -0.272. The molecule has 1 aliphatic rings. The van der Waals surface area contributed by atoms with Gasteiger partial charge in [-0.3, -0.25) is 0 Å². The largest absolute Gasteiger partial charge is 0.489 e. The van der Waals surface area contributed by atoms with E-state index in [0.29, 0.717) is 22.8 Å². The summed E-state index contributed by atoms with van der Waals surface area (Å²) in [6, 6.07) is 9.01. The van der Waals surface area contributed by atoms with Crippen LogP contribution in [0.4, 0.5) is 4.39 Å². The minimum Gasteiger partial charge on any atom is -0.489 e. The number of hydrogen-bond acceptors (Lipinski definition) is 4. The second kappa shape index (κ2) is 5.32. The molecule has 0 fully saturated rings. The molecule has 1 N–H and O–H groups in total. The Morgan fingerprint density at radius 3 is 2.76 bits per heavy atom. The molecule has 6 heteroatoms. The maximum atomic E-state index is 13.5. The first-order chi connectivity index (χ1) is 10.1. The molecule has 0 amide bonds. The Morgan fingerprint density at radius 1 is 1.19 bits per heavy atom. The number of carboxylic acid groups (broad SMARTS) is 1. The Morgan fingerprint density at radius 2 is 2.00 bits per heavy atom. The van der Waals surface area contributed by atoms with Crippen LogP contribution in [-0.2, 0) is 6.61 Å². The zero-order valence-corrected chi connectivity index (χ0v) is 10.8. The van der Waals surface area contributed by atoms with Crippen molar-refractivity contribution in [3.8, 4) is 17.2 Å². The quantitative estimate of drug-likeness (QED) is 0.938. The van der Waals surface area contributed by atoms with Gasteiger partial charge in [-0.2, -0.15) is 0 Å². The van der Waals surface area contributed by atoms with Gasteiger partial charge in [-0.25, -0.2) is 9.18 Å². The van der Waals surface area contributed by atoms with Crippen LogP contribution in [0.3, 0.4) is 0 Å². The fourth-order valence-corrected chi connectivity index (χ4v) is 1.96. The minimum atomic E-state index is -1.30. The molecule has 1 aliphatic heterocycles. The maximum Gasteiger partial charge on any atom is 0.338 e. The molecule has 2 aromatic carbocycles. The van der Waals surface area contributed by atoms with Crippen LogP contribution in [0, 0.1) is 5.82 Å². The SMILES string of the molecule is O=C(O)c1ccc(COc2ccc3c(c2)OCO3)cc1F. The van der Waals surface area contributed by atoms with Gasteiger partial charge < -0.3 is 19.3 Å². The molecular weight excluding hydrogens is 279 g/mol. The molecule has 0 unspecified atom stereocenters. The molecule has 5 nitrogen and oxygen atoms in total. The molecule has 0 aliphatic carbocycles. The lowest BCUT2D eigenvalue weighted by atomic mass is 10.1.